The van der Waals surface area contributed by atoms with Crippen molar-refractivity contribution in [3.8, 4) is 0 Å². The van der Waals surface area contributed by atoms with Gasteiger partial charge in [-0.25, -0.2) is 49.0 Å². The average Bonchev–Trinajstić information content (AvgIpc) is 1.61. The number of allylic oxidation sites excluding steroid dienone is 1. The fraction of sp³-hybridized carbons (Fsp3) is 0.566. The van der Waals surface area contributed by atoms with Crippen LogP contribution >= 0.6 is 15.9 Å². The molecule has 8 heterocycles. The van der Waals surface area contributed by atoms with Gasteiger partial charge in [0.2, 0.25) is 47.8 Å². The number of ketones is 1. The molecule has 6 aliphatic rings. The number of ether oxygens (including phenoxy) is 1. The first kappa shape index (κ1) is 90.2. The Morgan fingerprint density at radius 3 is 1.72 bits per heavy atom. The van der Waals surface area contributed by atoms with Gasteiger partial charge in [-0.15, -0.1) is 13.2 Å². The Kier molecular flexibility index (Phi) is 31.1. The van der Waals surface area contributed by atoms with Crippen molar-refractivity contribution in [2.75, 3.05) is 71.1 Å². The Balaban J connectivity index is 0.000000231. The smallest absolute Gasteiger partial charge is 0.316 e. The first-order valence-electron chi connectivity index (χ1n) is 37.2. The van der Waals surface area contributed by atoms with E-state index >= 15 is 0 Å². The third kappa shape index (κ3) is 23.6. The maximum atomic E-state index is 14.0. The minimum atomic E-state index is -3.47. The topological polar surface area (TPSA) is 420 Å². The number of amides is 6. The first-order chi connectivity index (χ1) is 51.9. The van der Waals surface area contributed by atoms with E-state index in [0.29, 0.717) is 88.8 Å². The molecule has 1 spiro atoms. The Morgan fingerprint density at radius 2 is 1.18 bits per heavy atom. The van der Waals surface area contributed by atoms with E-state index in [1.54, 1.807) is 59.8 Å². The van der Waals surface area contributed by atoms with Crippen molar-refractivity contribution in [3.05, 3.63) is 113 Å². The highest BCUT2D eigenvalue weighted by Crippen LogP contribution is 2.39. The van der Waals surface area contributed by atoms with Gasteiger partial charge in [0.25, 0.3) is 17.7 Å². The number of pyridine rings is 2. The number of fused-ring (bicyclic) bond motifs is 5. The van der Waals surface area contributed by atoms with Gasteiger partial charge in [-0.3, -0.25) is 63.1 Å². The van der Waals surface area contributed by atoms with Crippen LogP contribution in [0.25, 0.3) is 27.9 Å². The Labute approximate surface area is 659 Å². The van der Waals surface area contributed by atoms with Crippen LogP contribution in [0.4, 0.5) is 0 Å². The number of carboxylic acids is 1. The van der Waals surface area contributed by atoms with Crippen LogP contribution in [0.15, 0.2) is 96.5 Å². The van der Waals surface area contributed by atoms with Crippen LogP contribution in [0.1, 0.15) is 156 Å². The number of esters is 1. The van der Waals surface area contributed by atoms with Crippen molar-refractivity contribution in [2.45, 2.75) is 175 Å². The van der Waals surface area contributed by atoms with Crippen LogP contribution in [0, 0.1) is 28.1 Å². The van der Waals surface area contributed by atoms with Gasteiger partial charge in [0, 0.05) is 73.0 Å². The van der Waals surface area contributed by atoms with Gasteiger partial charge in [-0.2, -0.15) is 0 Å². The zero-order valence-electron chi connectivity index (χ0n) is 65.2. The summed E-state index contributed by atoms with van der Waals surface area (Å²) in [5, 5.41) is 34.8. The third-order valence-corrected chi connectivity index (χ3v) is 25.6. The summed E-state index contributed by atoms with van der Waals surface area (Å²) >= 11 is 3.45. The number of aromatic nitrogens is 2. The predicted molar refractivity (Wildman–Crippen MR) is 423 cm³/mol. The minimum Gasteiger partial charge on any atom is -0.481 e. The van der Waals surface area contributed by atoms with Crippen LogP contribution in [-0.2, 0) is 78.0 Å². The molecule has 2 aromatic heterocycles. The normalized spacial score (nSPS) is 23.4. The molecular weight excluding hydrogens is 1560 g/mol. The van der Waals surface area contributed by atoms with Crippen molar-refractivity contribution in [1.29, 1.82) is 0 Å². The Morgan fingerprint density at radius 1 is 0.658 bits per heavy atom. The molecule has 2 aromatic carbocycles. The number of cyclic esters (lactones) is 1. The van der Waals surface area contributed by atoms with Gasteiger partial charge < -0.3 is 36.2 Å². The summed E-state index contributed by atoms with van der Waals surface area (Å²) in [6.45, 7) is 24.8. The maximum Gasteiger partial charge on any atom is 0.316 e. The molecule has 31 nitrogen and oxygen atoms in total. The molecule has 10 rings (SSSR count). The van der Waals surface area contributed by atoms with E-state index < -0.39 is 124 Å². The van der Waals surface area contributed by atoms with Crippen LogP contribution in [-0.4, -0.2) is 229 Å². The van der Waals surface area contributed by atoms with Crippen molar-refractivity contribution >= 4 is 127 Å². The second-order valence-electron chi connectivity index (χ2n) is 30.1. The number of aliphatic carboxylic acids is 1. The number of sulfonamides is 3. The zero-order chi connectivity index (χ0) is 82.5. The number of Topliss-reactive ketones (excluding diaryl/α,β-unsaturated/α-hetero) is 1. The molecule has 5 bridgehead atoms. The summed E-state index contributed by atoms with van der Waals surface area (Å²) in [6.07, 6.45) is 12.0. The number of carboxylic acid groups (broad SMARTS) is 1. The number of carbonyl (C=O) groups excluding carboxylic acids is 8. The van der Waals surface area contributed by atoms with E-state index in [4.69, 9.17) is 14.8 Å². The summed E-state index contributed by atoms with van der Waals surface area (Å²) in [7, 11) is -9.80. The molecule has 0 aliphatic carbocycles. The van der Waals surface area contributed by atoms with Gasteiger partial charge in [-0.1, -0.05) is 98.3 Å². The molecule has 0 radical (unpaired) electrons. The molecule has 5 fully saturated rings. The van der Waals surface area contributed by atoms with Crippen LogP contribution in [0.2, 0.25) is 0 Å². The SMILES string of the molecule is C=CC1(C(=O)O)CCN(S(C)(=O)=O)CC1.C=CC1(C(C)=O)CCN(S(C)(=O)=O)CC1.CC(C)[C@@H]1OC(=O)C2(/C=C/c3ccc4ccc(nc4c3)[C@@H](C)NC(=O)[C@@H]3CCCN(N3)C(=O)[C@H](C)NC1=O)CCN(S(C)(=O)=O)CC2.CC(C)[C@H](O)C(=O)N[C@@H](C)C(=O)N1CCC[C@@H](C(=O)N[C@H](C)c2ccc3ccc(Br)cc3n2)N1. The monoisotopic (exact) mass is 1670 g/mol. The van der Waals surface area contributed by atoms with E-state index in [0.717, 1.165) is 44.5 Å². The van der Waals surface area contributed by atoms with Crippen LogP contribution < -0.4 is 32.1 Å². The quantitative estimate of drug-likeness (QED) is 0.0549. The van der Waals surface area contributed by atoms with E-state index in [1.807, 2.05) is 74.5 Å². The summed E-state index contributed by atoms with van der Waals surface area (Å²) in [5.74, 6) is -4.68. The lowest BCUT2D eigenvalue weighted by atomic mass is 9.76. The molecule has 0 saturated carbocycles. The fourth-order valence-electron chi connectivity index (χ4n) is 13.6. The van der Waals surface area contributed by atoms with Crippen molar-refractivity contribution in [3.63, 3.8) is 0 Å². The standard InChI is InChI=1S/C33H44N6O7S.C24H32BrN5O4.C10H17NO3S.C9H15NO4S/c1-20(2)28-30(41)35-22(4)31(42)39-16-6-7-26(37-39)29(40)34-21(3)25-11-10-24-9-8-23(19-27(24)36-25)12-13-33(32(43)46-28)14-17-38(18-15-33)47(5,44)45;1-13(2)21(31)23(33)27-15(4)24(34)30-11-5-6-19(29-30)22(32)26-14(3)18-10-8-16-7-9-17(25)12-20(16)28-18;1-4-10(9(2)12)5-7-11(8-6-10)15(3,13)14;1-3-9(8(11)12)4-6-10(7-5-9)15(2,13)14/h8-13,19-22,26,28,37H,6-7,14-18H2,1-5H3,(H,34,40)(H,35,41);7-10,12-15,19,21,29,31H,5-6,11H2,1-4H3,(H,26,32)(H,27,33);4H,1,5-8H2,2-3H3;3H,1,4-7H2,2H3,(H,11,12)/b13-12+;;;/t21-,22+,26+,28+;14-,15+,19+,21+;;/m11../s1. The van der Waals surface area contributed by atoms with Crippen LogP contribution in [0.5, 0.6) is 0 Å². The molecule has 35 heteroatoms. The molecule has 111 heavy (non-hydrogen) atoms. The molecule has 6 aliphatic heterocycles. The minimum absolute atomic E-state index is 0.0747. The summed E-state index contributed by atoms with van der Waals surface area (Å²) in [6, 6.07) is 15.4. The second kappa shape index (κ2) is 38.2. The third-order valence-electron chi connectivity index (χ3n) is 21.2. The number of aliphatic hydroxyl groups excluding tert-OH is 1. The lowest BCUT2D eigenvalue weighted by Crippen LogP contribution is -2.61. The highest BCUT2D eigenvalue weighted by molar-refractivity contribution is 9.10. The highest BCUT2D eigenvalue weighted by atomic mass is 79.9. The molecule has 5 saturated heterocycles. The number of hydrogen-bond donors (Lipinski definition) is 8. The Bertz CT molecular complexity index is 4430. The highest BCUT2D eigenvalue weighted by Gasteiger charge is 2.46. The van der Waals surface area contributed by atoms with Crippen molar-refractivity contribution in [2.24, 2.45) is 28.1 Å². The van der Waals surface area contributed by atoms with Crippen molar-refractivity contribution in [1.82, 2.24) is 65.0 Å². The number of nitrogens with zero attached hydrogens (tertiary/aromatic N) is 7. The molecule has 6 amide bonds. The van der Waals surface area contributed by atoms with Gasteiger partial charge in [0.05, 0.1) is 64.1 Å². The molecule has 8 atom stereocenters. The number of hydrogen-bond acceptors (Lipinski definition) is 21. The largest absolute Gasteiger partial charge is 0.481 e. The fourth-order valence-corrected chi connectivity index (χ4v) is 16.5. The van der Waals surface area contributed by atoms with Gasteiger partial charge in [-0.05, 0) is 147 Å². The zero-order valence-corrected chi connectivity index (χ0v) is 69.2. The maximum absolute atomic E-state index is 14.0. The second-order valence-corrected chi connectivity index (χ2v) is 37.0. The number of nitrogens with one attached hydrogen (secondary N) is 6. The summed E-state index contributed by atoms with van der Waals surface area (Å²) in [4.78, 5) is 124. The number of carbonyl (C=O) groups is 9. The number of aliphatic hydroxyl groups is 1. The number of rotatable bonds is 15. The summed E-state index contributed by atoms with van der Waals surface area (Å²) in [5.41, 5.74) is 7.01. The van der Waals surface area contributed by atoms with Gasteiger partial charge in [0.15, 0.2) is 6.10 Å². The summed E-state index contributed by atoms with van der Waals surface area (Å²) < 4.78 is 80.5. The van der Waals surface area contributed by atoms with Gasteiger partial charge >= 0.3 is 11.9 Å². The molecule has 0 unspecified atom stereocenters. The molecule has 610 valence electrons. The van der Waals surface area contributed by atoms with Gasteiger partial charge in [0.1, 0.15) is 36.1 Å². The van der Waals surface area contributed by atoms with E-state index in [-0.39, 0.29) is 74.5 Å². The van der Waals surface area contributed by atoms with Crippen molar-refractivity contribution < 1.29 is 83.4 Å². The molecule has 4 aromatic rings. The predicted octanol–water partition coefficient (Wildman–Crippen LogP) is 5.34. The number of piperidine rings is 3. The van der Waals surface area contributed by atoms with E-state index in [1.165, 1.54) is 42.2 Å². The molecule has 8 N–H and O–H groups in total. The number of benzene rings is 2. The van der Waals surface area contributed by atoms with E-state index in [9.17, 15) is 73.5 Å². The lowest BCUT2D eigenvalue weighted by Gasteiger charge is -2.38. The Hall–Kier alpha value is -8.00. The van der Waals surface area contributed by atoms with Crippen LogP contribution in [0.3, 0.4) is 0 Å². The first-order valence-corrected chi connectivity index (χ1v) is 43.5. The van der Waals surface area contributed by atoms with E-state index in [2.05, 4.69) is 66.2 Å². The number of hydrazine groups is 2. The average molecular weight is 1670 g/mol. The lowest BCUT2D eigenvalue weighted by molar-refractivity contribution is -0.168. The molecular formula is C76H108BrN13O18S3. The number of halogens is 1.